The van der Waals surface area contributed by atoms with Gasteiger partial charge in [0.15, 0.2) is 0 Å². The third-order valence-corrected chi connectivity index (χ3v) is 10.1. The molecule has 1 aliphatic heterocycles. The standard InChI is InChI=1S/C42H33N/c1-2-10-28(11-3-1)29-18-22-32(23-19-29)43-41-17-9-8-16-38(41)39-25-21-31(27-42(39)43)30-20-24-37-35-14-5-4-12-33(35)34-13-6-7-15-36(34)40(37)26-30/h1-5,7-12,14-27,37-38,40-41H,6,13H2. The second-order valence-electron chi connectivity index (χ2n) is 12.3. The molecule has 1 heteroatoms. The fourth-order valence-corrected chi connectivity index (χ4v) is 8.06. The van der Waals surface area contributed by atoms with Crippen LogP contribution in [0.2, 0.25) is 0 Å². The average molecular weight is 552 g/mol. The highest BCUT2D eigenvalue weighted by atomic mass is 15.2. The predicted molar refractivity (Wildman–Crippen MR) is 180 cm³/mol. The summed E-state index contributed by atoms with van der Waals surface area (Å²) in [4.78, 5) is 2.55. The highest BCUT2D eigenvalue weighted by molar-refractivity contribution is 5.86. The van der Waals surface area contributed by atoms with Crippen molar-refractivity contribution in [3.05, 3.63) is 180 Å². The number of hydrogen-bond donors (Lipinski definition) is 0. The first-order valence-electron chi connectivity index (χ1n) is 15.7. The number of hydrogen-bond acceptors (Lipinski definition) is 1. The van der Waals surface area contributed by atoms with Crippen LogP contribution in [-0.4, -0.2) is 6.04 Å². The molecule has 9 rings (SSSR count). The molecule has 0 aromatic heterocycles. The van der Waals surface area contributed by atoms with E-state index in [4.69, 9.17) is 0 Å². The molecule has 0 fully saturated rings. The molecule has 43 heavy (non-hydrogen) atoms. The number of fused-ring (bicyclic) bond motifs is 8. The molecule has 5 aliphatic rings. The minimum Gasteiger partial charge on any atom is -0.333 e. The van der Waals surface area contributed by atoms with Gasteiger partial charge in [-0.1, -0.05) is 134 Å². The summed E-state index contributed by atoms with van der Waals surface area (Å²) in [5.41, 5.74) is 15.1. The minimum absolute atomic E-state index is 0.285. The van der Waals surface area contributed by atoms with Crippen molar-refractivity contribution < 1.29 is 0 Å². The molecular formula is C42H33N. The van der Waals surface area contributed by atoms with E-state index in [-0.39, 0.29) is 6.04 Å². The van der Waals surface area contributed by atoms with Gasteiger partial charge in [0, 0.05) is 29.1 Å². The average Bonchev–Trinajstić information content (AvgIpc) is 3.42. The minimum atomic E-state index is 0.285. The zero-order valence-corrected chi connectivity index (χ0v) is 24.1. The van der Waals surface area contributed by atoms with E-state index in [1.165, 1.54) is 55.9 Å². The SMILES string of the molecule is C1=CC2c3ccc(C4=CC5C6=C(CCC=C6)c6ccccc6C5C=C4)cc3N(c3ccc(-c4ccccc4)cc3)C2C=C1. The van der Waals surface area contributed by atoms with E-state index in [2.05, 4.69) is 157 Å². The summed E-state index contributed by atoms with van der Waals surface area (Å²) < 4.78 is 0. The lowest BCUT2D eigenvalue weighted by Gasteiger charge is -2.37. The molecule has 206 valence electrons. The molecule has 1 heterocycles. The molecule has 4 aromatic carbocycles. The Bertz CT molecular complexity index is 1930. The largest absolute Gasteiger partial charge is 0.333 e. The maximum Gasteiger partial charge on any atom is 0.0629 e. The third-order valence-electron chi connectivity index (χ3n) is 10.1. The summed E-state index contributed by atoms with van der Waals surface area (Å²) in [5, 5.41) is 0. The maximum atomic E-state index is 2.55. The Hall–Kier alpha value is -4.88. The highest BCUT2D eigenvalue weighted by Gasteiger charge is 2.38. The summed E-state index contributed by atoms with van der Waals surface area (Å²) >= 11 is 0. The Kier molecular flexibility index (Phi) is 5.66. The van der Waals surface area contributed by atoms with E-state index in [0.29, 0.717) is 17.8 Å². The topological polar surface area (TPSA) is 3.24 Å². The van der Waals surface area contributed by atoms with Crippen LogP contribution in [0.3, 0.4) is 0 Å². The van der Waals surface area contributed by atoms with Crippen LogP contribution in [0.5, 0.6) is 0 Å². The van der Waals surface area contributed by atoms with Gasteiger partial charge in [-0.25, -0.2) is 0 Å². The van der Waals surface area contributed by atoms with Crippen molar-refractivity contribution in [3.8, 4) is 11.1 Å². The third kappa shape index (κ3) is 3.92. The van der Waals surface area contributed by atoms with Crippen molar-refractivity contribution >= 4 is 22.5 Å². The molecule has 0 N–H and O–H groups in total. The normalized spacial score (nSPS) is 24.2. The highest BCUT2D eigenvalue weighted by Crippen LogP contribution is 2.52. The number of allylic oxidation sites excluding steroid dienone is 10. The molecule has 4 aliphatic carbocycles. The van der Waals surface area contributed by atoms with Crippen molar-refractivity contribution in [2.45, 2.75) is 30.7 Å². The Morgan fingerprint density at radius 1 is 0.605 bits per heavy atom. The number of rotatable bonds is 3. The van der Waals surface area contributed by atoms with Gasteiger partial charge in [0.25, 0.3) is 0 Å². The van der Waals surface area contributed by atoms with Crippen LogP contribution in [0, 0.1) is 5.92 Å². The first-order chi connectivity index (χ1) is 21.3. The Labute approximate surface area is 254 Å². The van der Waals surface area contributed by atoms with Crippen LogP contribution >= 0.6 is 0 Å². The first kappa shape index (κ1) is 24.7. The summed E-state index contributed by atoms with van der Waals surface area (Å²) in [6, 6.07) is 36.3. The summed E-state index contributed by atoms with van der Waals surface area (Å²) in [6.07, 6.45) is 23.6. The molecule has 4 atom stereocenters. The van der Waals surface area contributed by atoms with Crippen LogP contribution in [0.1, 0.15) is 46.9 Å². The van der Waals surface area contributed by atoms with Gasteiger partial charge in [-0.2, -0.15) is 0 Å². The molecule has 4 aromatic rings. The van der Waals surface area contributed by atoms with Crippen molar-refractivity contribution in [2.24, 2.45) is 5.92 Å². The maximum absolute atomic E-state index is 2.55. The smallest absolute Gasteiger partial charge is 0.0629 e. The Balaban J connectivity index is 1.12. The van der Waals surface area contributed by atoms with E-state index in [1.54, 1.807) is 5.57 Å². The summed E-state index contributed by atoms with van der Waals surface area (Å²) in [5.74, 6) is 1.14. The van der Waals surface area contributed by atoms with Gasteiger partial charge >= 0.3 is 0 Å². The lowest BCUT2D eigenvalue weighted by molar-refractivity contribution is 0.658. The second kappa shape index (κ2) is 9.85. The lowest BCUT2D eigenvalue weighted by Crippen LogP contribution is -2.28. The number of nitrogens with zero attached hydrogens (tertiary/aromatic N) is 1. The van der Waals surface area contributed by atoms with E-state index >= 15 is 0 Å². The zero-order valence-electron chi connectivity index (χ0n) is 24.1. The first-order valence-corrected chi connectivity index (χ1v) is 15.7. The summed E-state index contributed by atoms with van der Waals surface area (Å²) in [7, 11) is 0. The van der Waals surface area contributed by atoms with Gasteiger partial charge < -0.3 is 4.90 Å². The summed E-state index contributed by atoms with van der Waals surface area (Å²) in [6.45, 7) is 0. The molecule has 0 saturated carbocycles. The van der Waals surface area contributed by atoms with Crippen LogP contribution in [0.15, 0.2) is 157 Å². The van der Waals surface area contributed by atoms with Crippen molar-refractivity contribution in [2.75, 3.05) is 4.90 Å². The van der Waals surface area contributed by atoms with E-state index in [9.17, 15) is 0 Å². The zero-order chi connectivity index (χ0) is 28.3. The quantitative estimate of drug-likeness (QED) is 0.245. The van der Waals surface area contributed by atoms with Gasteiger partial charge in [-0.15, -0.1) is 0 Å². The fraction of sp³-hybridized carbons (Fsp3) is 0.143. The monoisotopic (exact) mass is 551 g/mol. The fourth-order valence-electron chi connectivity index (χ4n) is 8.06. The van der Waals surface area contributed by atoms with E-state index < -0.39 is 0 Å². The van der Waals surface area contributed by atoms with Gasteiger partial charge in [-0.05, 0) is 81.1 Å². The van der Waals surface area contributed by atoms with Gasteiger partial charge in [0.2, 0.25) is 0 Å². The second-order valence-corrected chi connectivity index (χ2v) is 12.3. The van der Waals surface area contributed by atoms with Crippen LogP contribution in [-0.2, 0) is 0 Å². The molecule has 0 spiro atoms. The van der Waals surface area contributed by atoms with Crippen LogP contribution < -0.4 is 4.90 Å². The van der Waals surface area contributed by atoms with Crippen molar-refractivity contribution in [1.29, 1.82) is 0 Å². The van der Waals surface area contributed by atoms with Crippen molar-refractivity contribution in [3.63, 3.8) is 0 Å². The van der Waals surface area contributed by atoms with Crippen LogP contribution in [0.4, 0.5) is 11.4 Å². The Morgan fingerprint density at radius 3 is 2.30 bits per heavy atom. The molecule has 0 amide bonds. The molecule has 4 unspecified atom stereocenters. The van der Waals surface area contributed by atoms with Gasteiger partial charge in [0.1, 0.15) is 0 Å². The predicted octanol–water partition coefficient (Wildman–Crippen LogP) is 10.6. The van der Waals surface area contributed by atoms with Gasteiger partial charge in [0.05, 0.1) is 6.04 Å². The van der Waals surface area contributed by atoms with Gasteiger partial charge in [-0.3, -0.25) is 0 Å². The van der Waals surface area contributed by atoms with Crippen LogP contribution in [0.25, 0.3) is 22.3 Å². The van der Waals surface area contributed by atoms with E-state index in [1.807, 2.05) is 0 Å². The molecule has 0 bridgehead atoms. The lowest BCUT2D eigenvalue weighted by atomic mass is 9.67. The molecule has 1 nitrogen and oxygen atoms in total. The van der Waals surface area contributed by atoms with Crippen molar-refractivity contribution in [1.82, 2.24) is 0 Å². The molecular weight excluding hydrogens is 518 g/mol. The Morgan fingerprint density at radius 2 is 1.40 bits per heavy atom. The molecule has 0 radical (unpaired) electrons. The number of anilines is 2. The van der Waals surface area contributed by atoms with E-state index in [0.717, 1.165) is 12.8 Å². The molecule has 0 saturated heterocycles. The number of benzene rings is 4.